The summed E-state index contributed by atoms with van der Waals surface area (Å²) in [4.78, 5) is 6.80. The third kappa shape index (κ3) is 3.89. The molecule has 1 aromatic carbocycles. The van der Waals surface area contributed by atoms with Gasteiger partial charge in [0.15, 0.2) is 5.76 Å². The van der Waals surface area contributed by atoms with Crippen LogP contribution in [0, 0.1) is 0 Å². The Balaban J connectivity index is 1.40. The lowest BCUT2D eigenvalue weighted by Gasteiger charge is -2.26. The van der Waals surface area contributed by atoms with Gasteiger partial charge in [-0.25, -0.2) is 0 Å². The van der Waals surface area contributed by atoms with Crippen LogP contribution in [0.15, 0.2) is 57.5 Å². The second kappa shape index (κ2) is 8.43. The number of thiophene rings is 1. The lowest BCUT2D eigenvalue weighted by Crippen LogP contribution is -2.38. The molecule has 1 aliphatic heterocycles. The monoisotopic (exact) mass is 423 g/mol. The van der Waals surface area contributed by atoms with Gasteiger partial charge >= 0.3 is 0 Å². The first kappa shape index (κ1) is 19.0. The summed E-state index contributed by atoms with van der Waals surface area (Å²) in [6.07, 6.45) is 1.82. The topological polar surface area (TPSA) is 80.3 Å². The molecule has 7 nitrogen and oxygen atoms in total. The predicted molar refractivity (Wildman–Crippen MR) is 115 cm³/mol. The zero-order chi connectivity index (χ0) is 20.3. The molecule has 0 saturated carbocycles. The average molecular weight is 423 g/mol. The van der Waals surface area contributed by atoms with E-state index < -0.39 is 0 Å². The van der Waals surface area contributed by atoms with E-state index in [-0.39, 0.29) is 0 Å². The molecule has 4 aromatic rings. The van der Waals surface area contributed by atoms with Crippen LogP contribution in [0.5, 0.6) is 5.75 Å². The number of morpholine rings is 1. The predicted octanol–water partition coefficient (Wildman–Crippen LogP) is 3.71. The van der Waals surface area contributed by atoms with Crippen molar-refractivity contribution in [1.29, 1.82) is 0 Å². The van der Waals surface area contributed by atoms with Crippen LogP contribution in [0.25, 0.3) is 32.5 Å². The second-order valence-electron chi connectivity index (χ2n) is 7.08. The van der Waals surface area contributed by atoms with Crippen molar-refractivity contribution in [2.75, 3.05) is 39.5 Å². The number of benzene rings is 1. The Bertz CT molecular complexity index is 1240. The molecule has 154 valence electrons. The molecular weight excluding hydrogens is 402 g/mol. The van der Waals surface area contributed by atoms with Crippen molar-refractivity contribution >= 4 is 32.4 Å². The van der Waals surface area contributed by atoms with Crippen LogP contribution in [0.4, 0.5) is 0 Å². The maximum Gasteiger partial charge on any atom is 0.155 e. The molecule has 1 N–H and O–H groups in total. The Labute approximate surface area is 176 Å². The van der Waals surface area contributed by atoms with Crippen LogP contribution in [0.1, 0.15) is 0 Å². The highest BCUT2D eigenvalue weighted by Gasteiger charge is 2.12. The van der Waals surface area contributed by atoms with Crippen molar-refractivity contribution < 1.29 is 19.1 Å². The van der Waals surface area contributed by atoms with Crippen LogP contribution in [0.3, 0.4) is 0 Å². The van der Waals surface area contributed by atoms with Gasteiger partial charge in [-0.1, -0.05) is 5.16 Å². The first-order valence-electron chi connectivity index (χ1n) is 9.83. The van der Waals surface area contributed by atoms with Gasteiger partial charge in [-0.3, -0.25) is 9.88 Å². The summed E-state index contributed by atoms with van der Waals surface area (Å²) in [5.74, 6) is 1.26. The fourth-order valence-corrected chi connectivity index (χ4v) is 4.35. The Morgan fingerprint density at radius 3 is 2.93 bits per heavy atom. The van der Waals surface area contributed by atoms with Crippen molar-refractivity contribution in [2.24, 2.45) is 5.16 Å². The fourth-order valence-electron chi connectivity index (χ4n) is 3.55. The van der Waals surface area contributed by atoms with Crippen LogP contribution in [-0.2, 0) is 4.74 Å². The highest BCUT2D eigenvalue weighted by molar-refractivity contribution is 7.17. The minimum Gasteiger partial charge on any atom is -0.492 e. The summed E-state index contributed by atoms with van der Waals surface area (Å²) >= 11 is 1.65. The van der Waals surface area contributed by atoms with E-state index in [4.69, 9.17) is 13.9 Å². The number of hydrogen-bond acceptors (Lipinski definition) is 8. The Kier molecular flexibility index (Phi) is 5.35. The molecule has 0 atom stereocenters. The highest BCUT2D eigenvalue weighted by Crippen LogP contribution is 2.27. The summed E-state index contributed by atoms with van der Waals surface area (Å²) in [5.41, 5.74) is 1.30. The van der Waals surface area contributed by atoms with Crippen molar-refractivity contribution in [1.82, 2.24) is 9.88 Å². The molecular formula is C22H21N3O4S. The Hall–Kier alpha value is -2.94. The maximum absolute atomic E-state index is 9.59. The molecule has 0 radical (unpaired) electrons. The summed E-state index contributed by atoms with van der Waals surface area (Å²) in [5, 5.41) is 17.3. The third-order valence-corrected chi connectivity index (χ3v) is 6.07. The highest BCUT2D eigenvalue weighted by atomic mass is 32.1. The standard InChI is InChI=1S/C22H21N3O4S/c26-24-18-12-21(19-13-22-15(14-23-19)3-10-30-22)29-20-2-1-16(11-17(18)20)28-9-6-25-4-7-27-8-5-25/h1-3,10-14,26H,4-9H2/b24-18+. The molecule has 0 unspecified atom stereocenters. The van der Waals surface area contributed by atoms with Gasteiger partial charge < -0.3 is 19.1 Å². The van der Waals surface area contributed by atoms with Gasteiger partial charge in [0, 0.05) is 42.0 Å². The molecule has 1 saturated heterocycles. The van der Waals surface area contributed by atoms with E-state index in [9.17, 15) is 5.21 Å². The summed E-state index contributed by atoms with van der Waals surface area (Å²) in [6.45, 7) is 4.84. The largest absolute Gasteiger partial charge is 0.492 e. The quantitative estimate of drug-likeness (QED) is 0.389. The zero-order valence-electron chi connectivity index (χ0n) is 16.3. The van der Waals surface area contributed by atoms with Crippen molar-refractivity contribution in [3.05, 3.63) is 53.3 Å². The van der Waals surface area contributed by atoms with Crippen LogP contribution in [-0.4, -0.2) is 54.5 Å². The summed E-state index contributed by atoms with van der Waals surface area (Å²) < 4.78 is 18.5. The molecule has 8 heteroatoms. The van der Waals surface area contributed by atoms with E-state index >= 15 is 0 Å². The van der Waals surface area contributed by atoms with Gasteiger partial charge in [-0.15, -0.1) is 11.3 Å². The van der Waals surface area contributed by atoms with Crippen molar-refractivity contribution in [2.45, 2.75) is 0 Å². The molecule has 1 fully saturated rings. The first-order chi connectivity index (χ1) is 14.8. The van der Waals surface area contributed by atoms with E-state index in [1.807, 2.05) is 41.9 Å². The number of aromatic nitrogens is 1. The smallest absolute Gasteiger partial charge is 0.155 e. The minimum absolute atomic E-state index is 0.415. The summed E-state index contributed by atoms with van der Waals surface area (Å²) in [6, 6.07) is 11.3. The van der Waals surface area contributed by atoms with E-state index in [0.717, 1.165) is 42.9 Å². The van der Waals surface area contributed by atoms with Crippen LogP contribution in [0.2, 0.25) is 0 Å². The van der Waals surface area contributed by atoms with Crippen LogP contribution >= 0.6 is 11.3 Å². The normalized spacial score (nSPS) is 15.8. The molecule has 1 aliphatic rings. The van der Waals surface area contributed by atoms with E-state index in [2.05, 4.69) is 15.0 Å². The second-order valence-corrected chi connectivity index (χ2v) is 8.03. The van der Waals surface area contributed by atoms with Gasteiger partial charge in [0.25, 0.3) is 0 Å². The van der Waals surface area contributed by atoms with Gasteiger partial charge in [-0.2, -0.15) is 0 Å². The molecule has 0 bridgehead atoms. The van der Waals surface area contributed by atoms with E-state index in [1.165, 1.54) is 0 Å². The van der Waals surface area contributed by atoms with Gasteiger partial charge in [0.1, 0.15) is 29.0 Å². The molecule has 3 aromatic heterocycles. The van der Waals surface area contributed by atoms with E-state index in [1.54, 1.807) is 17.4 Å². The van der Waals surface area contributed by atoms with Crippen molar-refractivity contribution in [3.8, 4) is 17.2 Å². The molecule has 4 heterocycles. The number of ether oxygens (including phenoxy) is 2. The lowest BCUT2D eigenvalue weighted by molar-refractivity contribution is 0.0322. The fraction of sp³-hybridized carbons (Fsp3) is 0.273. The number of nitrogens with zero attached hydrogens (tertiary/aromatic N) is 3. The molecule has 30 heavy (non-hydrogen) atoms. The van der Waals surface area contributed by atoms with Gasteiger partial charge in [-0.05, 0) is 35.7 Å². The molecule has 0 amide bonds. The average Bonchev–Trinajstić information content (AvgIpc) is 3.27. The first-order valence-corrected chi connectivity index (χ1v) is 10.7. The number of rotatable bonds is 5. The molecule has 0 aliphatic carbocycles. The Morgan fingerprint density at radius 1 is 1.17 bits per heavy atom. The number of pyridine rings is 1. The lowest BCUT2D eigenvalue weighted by atomic mass is 10.1. The van der Waals surface area contributed by atoms with Gasteiger partial charge in [0.2, 0.25) is 0 Å². The molecule has 0 spiro atoms. The van der Waals surface area contributed by atoms with Crippen LogP contribution < -0.4 is 10.1 Å². The zero-order valence-corrected chi connectivity index (χ0v) is 17.1. The Morgan fingerprint density at radius 2 is 2.07 bits per heavy atom. The minimum atomic E-state index is 0.415. The molecule has 5 rings (SSSR count). The SMILES string of the molecule is O/N=c1\cc(-c2cc3sccc3cn2)oc2ccc(OCCN3CCOCC3)cc12. The maximum atomic E-state index is 9.59. The van der Waals surface area contributed by atoms with E-state index in [0.29, 0.717) is 40.1 Å². The number of fused-ring (bicyclic) bond motifs is 2. The van der Waals surface area contributed by atoms with Gasteiger partial charge in [0.05, 0.1) is 18.6 Å². The van der Waals surface area contributed by atoms with Crippen molar-refractivity contribution in [3.63, 3.8) is 0 Å². The number of hydrogen-bond donors (Lipinski definition) is 1. The third-order valence-electron chi connectivity index (χ3n) is 5.19. The summed E-state index contributed by atoms with van der Waals surface area (Å²) in [7, 11) is 0.